The quantitative estimate of drug-likeness (QED) is 0.137. The van der Waals surface area contributed by atoms with Crippen LogP contribution in [0.25, 0.3) is 0 Å². The minimum atomic E-state index is -0.351. The number of aryl methyl sites for hydroxylation is 2. The van der Waals surface area contributed by atoms with Crippen molar-refractivity contribution < 1.29 is 13.9 Å². The molecule has 1 amide bonds. The summed E-state index contributed by atoms with van der Waals surface area (Å²) in [6.07, 6.45) is 3.58. The number of methoxy groups -OCH3 is 1. The molecule has 0 aliphatic heterocycles. The number of hydrogen-bond donors (Lipinski definition) is 1. The highest BCUT2D eigenvalue weighted by Gasteiger charge is 2.14. The van der Waals surface area contributed by atoms with Crippen molar-refractivity contribution in [2.45, 2.75) is 56.1 Å². The van der Waals surface area contributed by atoms with Crippen LogP contribution in [0.2, 0.25) is 5.02 Å². The lowest BCUT2D eigenvalue weighted by molar-refractivity contribution is -0.121. The van der Waals surface area contributed by atoms with Gasteiger partial charge in [-0.1, -0.05) is 78.0 Å². The lowest BCUT2D eigenvalue weighted by atomic mass is 10.1. The van der Waals surface area contributed by atoms with Crippen LogP contribution in [-0.2, 0) is 36.5 Å². The highest BCUT2D eigenvalue weighted by molar-refractivity contribution is 7.98. The molecular weight excluding hydrogens is 535 g/mol. The summed E-state index contributed by atoms with van der Waals surface area (Å²) in [5.41, 5.74) is 3.04. The van der Waals surface area contributed by atoms with E-state index in [-0.39, 0.29) is 11.7 Å². The number of carbonyl (C=O) groups is 1. The highest BCUT2D eigenvalue weighted by atomic mass is 35.5. The number of amides is 1. The van der Waals surface area contributed by atoms with E-state index >= 15 is 0 Å². The van der Waals surface area contributed by atoms with Crippen LogP contribution in [0, 0.1) is 5.82 Å². The van der Waals surface area contributed by atoms with Gasteiger partial charge in [0.25, 0.3) is 0 Å². The fourth-order valence-corrected chi connectivity index (χ4v) is 5.50. The zero-order valence-electron chi connectivity index (χ0n) is 21.9. The molecule has 0 spiro atoms. The topological polar surface area (TPSA) is 69.0 Å². The number of ether oxygens (including phenoxy) is 1. The van der Waals surface area contributed by atoms with Crippen molar-refractivity contribution in [1.82, 2.24) is 20.1 Å². The van der Waals surface area contributed by atoms with E-state index in [0.717, 1.165) is 60.1 Å². The number of rotatable bonds is 14. The maximum absolute atomic E-state index is 13.4. The Kier molecular flexibility index (Phi) is 10.8. The van der Waals surface area contributed by atoms with Crippen molar-refractivity contribution in [2.24, 2.45) is 0 Å². The van der Waals surface area contributed by atoms with Crippen molar-refractivity contribution >= 4 is 29.3 Å². The van der Waals surface area contributed by atoms with E-state index in [1.54, 1.807) is 13.2 Å². The number of nitrogens with zero attached hydrogens (tertiary/aromatic N) is 3. The van der Waals surface area contributed by atoms with Crippen LogP contribution in [0.1, 0.15) is 41.8 Å². The van der Waals surface area contributed by atoms with Gasteiger partial charge in [-0.05, 0) is 48.6 Å². The molecule has 39 heavy (non-hydrogen) atoms. The van der Waals surface area contributed by atoms with Crippen LogP contribution in [0.15, 0.2) is 78.0 Å². The van der Waals surface area contributed by atoms with Gasteiger partial charge in [0.05, 0.1) is 7.11 Å². The molecule has 1 N–H and O–H groups in total. The fourth-order valence-electron chi connectivity index (χ4n) is 4.20. The first kappa shape index (κ1) is 28.6. The number of unbranched alkanes of at least 4 members (excludes halogenated alkanes) is 1. The van der Waals surface area contributed by atoms with Crippen molar-refractivity contribution in [1.29, 1.82) is 0 Å². The monoisotopic (exact) mass is 566 g/mol. The zero-order chi connectivity index (χ0) is 27.5. The van der Waals surface area contributed by atoms with Crippen LogP contribution in [0.5, 0.6) is 5.75 Å². The summed E-state index contributed by atoms with van der Waals surface area (Å²) >= 11 is 7.77. The molecule has 204 valence electrons. The lowest BCUT2D eigenvalue weighted by Crippen LogP contribution is -2.22. The SMILES string of the molecule is COc1ccccc1CNC(=O)CCCCc1nnc(SCc2ccc(F)cc2Cl)n1CCc1ccccc1. The van der Waals surface area contributed by atoms with E-state index in [1.807, 2.05) is 42.5 Å². The van der Waals surface area contributed by atoms with Gasteiger partial charge in [-0.25, -0.2) is 4.39 Å². The normalized spacial score (nSPS) is 10.9. The molecule has 9 heteroatoms. The Hall–Kier alpha value is -3.36. The summed E-state index contributed by atoms with van der Waals surface area (Å²) in [6, 6.07) is 22.4. The average molecular weight is 567 g/mol. The summed E-state index contributed by atoms with van der Waals surface area (Å²) in [5.74, 6) is 1.89. The van der Waals surface area contributed by atoms with Gasteiger partial charge in [0.2, 0.25) is 5.91 Å². The summed E-state index contributed by atoms with van der Waals surface area (Å²) < 4.78 is 20.9. The van der Waals surface area contributed by atoms with E-state index in [1.165, 1.54) is 29.5 Å². The van der Waals surface area contributed by atoms with Crippen molar-refractivity contribution in [3.8, 4) is 5.75 Å². The number of halogens is 2. The van der Waals surface area contributed by atoms with Crippen LogP contribution < -0.4 is 10.1 Å². The van der Waals surface area contributed by atoms with Gasteiger partial charge in [0.1, 0.15) is 17.4 Å². The predicted molar refractivity (Wildman–Crippen MR) is 154 cm³/mol. The number of para-hydroxylation sites is 1. The largest absolute Gasteiger partial charge is 0.496 e. The molecule has 0 aliphatic rings. The molecule has 6 nitrogen and oxygen atoms in total. The molecule has 0 fully saturated rings. The maximum atomic E-state index is 13.4. The third-order valence-corrected chi connectivity index (χ3v) is 7.72. The molecule has 1 heterocycles. The second-order valence-corrected chi connectivity index (χ2v) is 10.5. The van der Waals surface area contributed by atoms with Gasteiger partial charge in [-0.2, -0.15) is 0 Å². The Morgan fingerprint density at radius 2 is 1.79 bits per heavy atom. The van der Waals surface area contributed by atoms with E-state index < -0.39 is 0 Å². The van der Waals surface area contributed by atoms with Crippen molar-refractivity contribution in [2.75, 3.05) is 7.11 Å². The summed E-state index contributed by atoms with van der Waals surface area (Å²) in [4.78, 5) is 12.4. The average Bonchev–Trinajstić information content (AvgIpc) is 3.34. The number of aromatic nitrogens is 3. The fraction of sp³-hybridized carbons (Fsp3) is 0.300. The molecule has 4 aromatic rings. The van der Waals surface area contributed by atoms with Crippen molar-refractivity contribution in [3.05, 3.63) is 106 Å². The van der Waals surface area contributed by atoms with Crippen LogP contribution in [-0.4, -0.2) is 27.8 Å². The first-order valence-corrected chi connectivity index (χ1v) is 14.3. The maximum Gasteiger partial charge on any atom is 0.220 e. The van der Waals surface area contributed by atoms with E-state index in [2.05, 4.69) is 32.2 Å². The van der Waals surface area contributed by atoms with E-state index in [9.17, 15) is 9.18 Å². The lowest BCUT2D eigenvalue weighted by Gasteiger charge is -2.11. The molecular formula is C30H32ClFN4O2S. The first-order valence-electron chi connectivity index (χ1n) is 12.9. The van der Waals surface area contributed by atoms with Gasteiger partial charge in [0.15, 0.2) is 5.16 Å². The molecule has 0 unspecified atom stereocenters. The molecule has 0 aliphatic carbocycles. The molecule has 4 rings (SSSR count). The van der Waals surface area contributed by atoms with Gasteiger partial charge in [-0.15, -0.1) is 10.2 Å². The zero-order valence-corrected chi connectivity index (χ0v) is 23.5. The molecule has 1 aromatic heterocycles. The highest BCUT2D eigenvalue weighted by Crippen LogP contribution is 2.27. The van der Waals surface area contributed by atoms with Crippen molar-refractivity contribution in [3.63, 3.8) is 0 Å². The molecule has 3 aromatic carbocycles. The molecule has 0 saturated carbocycles. The second-order valence-electron chi connectivity index (χ2n) is 9.11. The predicted octanol–water partition coefficient (Wildman–Crippen LogP) is 6.64. The Labute approximate surface area is 237 Å². The number of hydrogen-bond acceptors (Lipinski definition) is 5. The number of nitrogens with one attached hydrogen (secondary N) is 1. The second kappa shape index (κ2) is 14.7. The van der Waals surface area contributed by atoms with E-state index in [4.69, 9.17) is 16.3 Å². The van der Waals surface area contributed by atoms with Gasteiger partial charge in [0, 0.05) is 42.3 Å². The minimum absolute atomic E-state index is 0.0128. The third kappa shape index (κ3) is 8.57. The molecule has 0 bridgehead atoms. The number of thioether (sulfide) groups is 1. The molecule has 0 radical (unpaired) electrons. The van der Waals surface area contributed by atoms with Crippen LogP contribution >= 0.6 is 23.4 Å². The smallest absolute Gasteiger partial charge is 0.220 e. The standard InChI is InChI=1S/C30H32ClFN4O2S/c1-38-27-12-6-5-11-23(27)20-33-29(37)14-8-7-13-28-34-35-30(36(28)18-17-22-9-3-2-4-10-22)39-21-24-15-16-25(32)19-26(24)31/h2-6,9-12,15-16,19H,7-8,13-14,17-18,20-21H2,1H3,(H,33,37). The Bertz CT molecular complexity index is 1370. The van der Waals surface area contributed by atoms with Gasteiger partial charge >= 0.3 is 0 Å². The molecule has 0 saturated heterocycles. The Morgan fingerprint density at radius 1 is 1.00 bits per heavy atom. The summed E-state index contributed by atoms with van der Waals surface area (Å²) in [6.45, 7) is 1.18. The summed E-state index contributed by atoms with van der Waals surface area (Å²) in [5, 5.41) is 13.1. The Morgan fingerprint density at radius 3 is 2.59 bits per heavy atom. The third-order valence-electron chi connectivity index (χ3n) is 6.35. The van der Waals surface area contributed by atoms with Gasteiger partial charge in [-0.3, -0.25) is 4.79 Å². The number of carbonyl (C=O) groups excluding carboxylic acids is 1. The first-order chi connectivity index (χ1) is 19.0. The minimum Gasteiger partial charge on any atom is -0.496 e. The van der Waals surface area contributed by atoms with Gasteiger partial charge < -0.3 is 14.6 Å². The van der Waals surface area contributed by atoms with Crippen LogP contribution in [0.4, 0.5) is 4.39 Å². The van der Waals surface area contributed by atoms with Crippen LogP contribution in [0.3, 0.4) is 0 Å². The van der Waals surface area contributed by atoms with E-state index in [0.29, 0.717) is 23.7 Å². The number of benzene rings is 3. The summed E-state index contributed by atoms with van der Waals surface area (Å²) in [7, 11) is 1.63. The molecule has 0 atom stereocenters. The Balaban J connectivity index is 1.32.